The summed E-state index contributed by atoms with van der Waals surface area (Å²) in [6, 6.07) is 13.5. The molecular formula is C15H12O4. The predicted octanol–water partition coefficient (Wildman–Crippen LogP) is 3.42. The monoisotopic (exact) mass is 256 g/mol. The molecule has 19 heavy (non-hydrogen) atoms. The number of rotatable bonds is 3. The zero-order valence-corrected chi connectivity index (χ0v) is 10.0. The van der Waals surface area contributed by atoms with Gasteiger partial charge >= 0.3 is 0 Å². The van der Waals surface area contributed by atoms with Crippen LogP contribution in [-0.2, 0) is 6.61 Å². The van der Waals surface area contributed by atoms with Crippen molar-refractivity contribution >= 4 is 11.0 Å². The molecule has 1 heterocycles. The first-order chi connectivity index (χ1) is 9.22. The Labute approximate surface area is 109 Å². The van der Waals surface area contributed by atoms with Crippen molar-refractivity contribution in [3.05, 3.63) is 54.3 Å². The molecule has 0 aliphatic heterocycles. The molecule has 0 saturated carbocycles. The van der Waals surface area contributed by atoms with Crippen LogP contribution in [0.1, 0.15) is 5.76 Å². The van der Waals surface area contributed by atoms with Crippen LogP contribution in [0.15, 0.2) is 52.9 Å². The lowest BCUT2D eigenvalue weighted by Crippen LogP contribution is -1.93. The molecule has 0 unspecified atom stereocenters. The quantitative estimate of drug-likeness (QED) is 0.753. The molecule has 0 saturated heterocycles. The summed E-state index contributed by atoms with van der Waals surface area (Å²) in [5.74, 6) is 1.33. The van der Waals surface area contributed by atoms with Gasteiger partial charge in [0.2, 0.25) is 0 Å². The van der Waals surface area contributed by atoms with Crippen LogP contribution in [0.5, 0.6) is 17.2 Å². The number of phenols is 2. The van der Waals surface area contributed by atoms with Gasteiger partial charge < -0.3 is 19.4 Å². The summed E-state index contributed by atoms with van der Waals surface area (Å²) in [5.41, 5.74) is 0.689. The van der Waals surface area contributed by atoms with E-state index in [-0.39, 0.29) is 18.1 Å². The minimum absolute atomic E-state index is 0.0938. The summed E-state index contributed by atoms with van der Waals surface area (Å²) < 4.78 is 11.0. The summed E-state index contributed by atoms with van der Waals surface area (Å²) in [6.45, 7) is 0.215. The highest BCUT2D eigenvalue weighted by atomic mass is 16.5. The normalized spacial score (nSPS) is 10.7. The third-order valence-corrected chi connectivity index (χ3v) is 2.79. The molecule has 2 N–H and O–H groups in total. The Balaban J connectivity index is 1.80. The van der Waals surface area contributed by atoms with Gasteiger partial charge in [0.25, 0.3) is 0 Å². The standard InChI is InChI=1S/C15H12O4/c16-11-5-6-14-10(7-11)8-12(19-14)9-18-15-4-2-1-3-13(15)17/h1-8,16-17H,9H2. The van der Waals surface area contributed by atoms with Crippen LogP contribution in [0.4, 0.5) is 0 Å². The number of benzene rings is 2. The van der Waals surface area contributed by atoms with Gasteiger partial charge in [0, 0.05) is 5.39 Å². The van der Waals surface area contributed by atoms with Gasteiger partial charge in [-0.05, 0) is 36.4 Å². The number of para-hydroxylation sites is 2. The number of aromatic hydroxyl groups is 2. The summed E-state index contributed by atoms with van der Waals surface area (Å²) in [6.07, 6.45) is 0. The van der Waals surface area contributed by atoms with Gasteiger partial charge in [-0.15, -0.1) is 0 Å². The first-order valence-corrected chi connectivity index (χ1v) is 5.84. The van der Waals surface area contributed by atoms with Gasteiger partial charge in [-0.1, -0.05) is 12.1 Å². The molecule has 0 radical (unpaired) electrons. The zero-order valence-electron chi connectivity index (χ0n) is 10.0. The van der Waals surface area contributed by atoms with E-state index in [9.17, 15) is 10.2 Å². The molecular weight excluding hydrogens is 244 g/mol. The minimum atomic E-state index is 0.0938. The number of hydrogen-bond donors (Lipinski definition) is 2. The van der Waals surface area contributed by atoms with E-state index in [4.69, 9.17) is 9.15 Å². The largest absolute Gasteiger partial charge is 0.508 e. The molecule has 0 aliphatic carbocycles. The highest BCUT2D eigenvalue weighted by molar-refractivity contribution is 5.79. The van der Waals surface area contributed by atoms with E-state index in [2.05, 4.69) is 0 Å². The number of furan rings is 1. The molecule has 0 atom stereocenters. The zero-order chi connectivity index (χ0) is 13.2. The molecule has 0 bridgehead atoms. The maximum absolute atomic E-state index is 9.58. The molecule has 96 valence electrons. The Morgan fingerprint density at radius 3 is 2.68 bits per heavy atom. The summed E-state index contributed by atoms with van der Waals surface area (Å²) in [5, 5.41) is 19.8. The van der Waals surface area contributed by atoms with E-state index >= 15 is 0 Å². The van der Waals surface area contributed by atoms with E-state index in [0.29, 0.717) is 17.1 Å². The fourth-order valence-corrected chi connectivity index (χ4v) is 1.88. The van der Waals surface area contributed by atoms with Gasteiger partial charge in [0.1, 0.15) is 23.7 Å². The molecule has 2 aromatic carbocycles. The molecule has 1 aromatic heterocycles. The second kappa shape index (κ2) is 4.57. The first kappa shape index (κ1) is 11.5. The van der Waals surface area contributed by atoms with E-state index < -0.39 is 0 Å². The van der Waals surface area contributed by atoms with Gasteiger partial charge in [-0.3, -0.25) is 0 Å². The van der Waals surface area contributed by atoms with Crippen molar-refractivity contribution in [3.8, 4) is 17.2 Å². The van der Waals surface area contributed by atoms with E-state index in [0.717, 1.165) is 5.39 Å². The first-order valence-electron chi connectivity index (χ1n) is 5.84. The third kappa shape index (κ3) is 2.33. The van der Waals surface area contributed by atoms with Crippen molar-refractivity contribution in [2.45, 2.75) is 6.61 Å². The van der Waals surface area contributed by atoms with Crippen LogP contribution in [0, 0.1) is 0 Å². The molecule has 0 amide bonds. The Bertz CT molecular complexity index is 715. The van der Waals surface area contributed by atoms with Crippen LogP contribution in [0.3, 0.4) is 0 Å². The summed E-state index contributed by atoms with van der Waals surface area (Å²) in [4.78, 5) is 0. The Hall–Kier alpha value is -2.62. The van der Waals surface area contributed by atoms with Gasteiger partial charge in [0.05, 0.1) is 0 Å². The average Bonchev–Trinajstić information content (AvgIpc) is 2.79. The molecule has 0 aliphatic rings. The van der Waals surface area contributed by atoms with E-state index in [1.807, 2.05) is 0 Å². The Morgan fingerprint density at radius 2 is 1.84 bits per heavy atom. The molecule has 0 spiro atoms. The second-order valence-corrected chi connectivity index (χ2v) is 4.19. The predicted molar refractivity (Wildman–Crippen MR) is 70.3 cm³/mol. The molecule has 4 nitrogen and oxygen atoms in total. The van der Waals surface area contributed by atoms with Crippen LogP contribution in [0.25, 0.3) is 11.0 Å². The lowest BCUT2D eigenvalue weighted by molar-refractivity contribution is 0.262. The van der Waals surface area contributed by atoms with Gasteiger partial charge in [0.15, 0.2) is 11.5 Å². The van der Waals surface area contributed by atoms with Crippen molar-refractivity contribution in [3.63, 3.8) is 0 Å². The van der Waals surface area contributed by atoms with Crippen molar-refractivity contribution in [2.24, 2.45) is 0 Å². The van der Waals surface area contributed by atoms with Crippen molar-refractivity contribution in [2.75, 3.05) is 0 Å². The second-order valence-electron chi connectivity index (χ2n) is 4.19. The van der Waals surface area contributed by atoms with Gasteiger partial charge in [-0.25, -0.2) is 0 Å². The topological polar surface area (TPSA) is 62.8 Å². The Kier molecular flexibility index (Phi) is 2.76. The highest BCUT2D eigenvalue weighted by Gasteiger charge is 2.06. The maximum Gasteiger partial charge on any atom is 0.161 e. The molecule has 0 fully saturated rings. The minimum Gasteiger partial charge on any atom is -0.508 e. The van der Waals surface area contributed by atoms with Crippen molar-refractivity contribution in [1.82, 2.24) is 0 Å². The molecule has 3 rings (SSSR count). The van der Waals surface area contributed by atoms with Crippen molar-refractivity contribution in [1.29, 1.82) is 0 Å². The number of fused-ring (bicyclic) bond motifs is 1. The van der Waals surface area contributed by atoms with Crippen LogP contribution < -0.4 is 4.74 Å². The van der Waals surface area contributed by atoms with Crippen LogP contribution in [-0.4, -0.2) is 10.2 Å². The number of phenolic OH excluding ortho intramolecular Hbond substituents is 2. The molecule has 4 heteroatoms. The smallest absolute Gasteiger partial charge is 0.161 e. The lowest BCUT2D eigenvalue weighted by atomic mass is 10.2. The number of hydrogen-bond acceptors (Lipinski definition) is 4. The van der Waals surface area contributed by atoms with E-state index in [1.54, 1.807) is 48.5 Å². The summed E-state index contributed by atoms with van der Waals surface area (Å²) >= 11 is 0. The Morgan fingerprint density at radius 1 is 1.00 bits per heavy atom. The van der Waals surface area contributed by atoms with Gasteiger partial charge in [-0.2, -0.15) is 0 Å². The number of ether oxygens (including phenoxy) is 1. The third-order valence-electron chi connectivity index (χ3n) is 2.79. The lowest BCUT2D eigenvalue weighted by Gasteiger charge is -2.05. The fourth-order valence-electron chi connectivity index (χ4n) is 1.88. The molecule has 3 aromatic rings. The average molecular weight is 256 g/mol. The van der Waals surface area contributed by atoms with Crippen LogP contribution in [0.2, 0.25) is 0 Å². The summed E-state index contributed by atoms with van der Waals surface area (Å²) in [7, 11) is 0. The fraction of sp³-hybridized carbons (Fsp3) is 0.0667. The van der Waals surface area contributed by atoms with E-state index in [1.165, 1.54) is 0 Å². The highest BCUT2D eigenvalue weighted by Crippen LogP contribution is 2.27. The SMILES string of the molecule is Oc1ccc2oc(COc3ccccc3O)cc2c1. The van der Waals surface area contributed by atoms with Crippen molar-refractivity contribution < 1.29 is 19.4 Å². The maximum atomic E-state index is 9.58. The van der Waals surface area contributed by atoms with Crippen LogP contribution >= 0.6 is 0 Å².